The number of methoxy groups -OCH3 is 1. The minimum atomic E-state index is -0.606. The van der Waals surface area contributed by atoms with E-state index in [1.54, 1.807) is 6.92 Å². The fraction of sp³-hybridized carbons (Fsp3) is 0.688. The number of ketones is 1. The van der Waals surface area contributed by atoms with Gasteiger partial charge in [-0.3, -0.25) is 9.59 Å². The second-order valence-corrected chi connectivity index (χ2v) is 6.36. The fourth-order valence-electron chi connectivity index (χ4n) is 3.73. The van der Waals surface area contributed by atoms with Gasteiger partial charge in [-0.25, -0.2) is 4.79 Å². The molecule has 1 aliphatic carbocycles. The van der Waals surface area contributed by atoms with Crippen molar-refractivity contribution in [2.24, 2.45) is 23.2 Å². The van der Waals surface area contributed by atoms with Crippen LogP contribution in [0.1, 0.15) is 33.6 Å². The zero-order chi connectivity index (χ0) is 15.9. The molecule has 0 aromatic rings. The van der Waals surface area contributed by atoms with Crippen molar-refractivity contribution in [2.75, 3.05) is 7.11 Å². The molecule has 5 heteroatoms. The number of carbonyl (C=O) groups is 3. The van der Waals surface area contributed by atoms with Crippen molar-refractivity contribution < 1.29 is 23.9 Å². The maximum atomic E-state index is 12.4. The van der Waals surface area contributed by atoms with E-state index in [1.165, 1.54) is 7.11 Å². The topological polar surface area (TPSA) is 69.7 Å². The Labute approximate surface area is 124 Å². The second-order valence-electron chi connectivity index (χ2n) is 6.36. The number of esters is 2. The van der Waals surface area contributed by atoms with E-state index in [2.05, 4.69) is 6.58 Å². The molecule has 0 radical (unpaired) electrons. The Morgan fingerprint density at radius 2 is 2.10 bits per heavy atom. The van der Waals surface area contributed by atoms with Crippen LogP contribution in [0.5, 0.6) is 0 Å². The quantitative estimate of drug-likeness (QED) is 0.587. The number of rotatable bonds is 3. The van der Waals surface area contributed by atoms with Crippen molar-refractivity contribution in [3.8, 4) is 0 Å². The highest BCUT2D eigenvalue weighted by molar-refractivity contribution is 5.94. The van der Waals surface area contributed by atoms with Gasteiger partial charge in [-0.2, -0.15) is 0 Å². The Morgan fingerprint density at radius 3 is 2.62 bits per heavy atom. The number of Topliss-reactive ketones (excluding diaryl/α,β-unsaturated/α-hetero) is 1. The summed E-state index contributed by atoms with van der Waals surface area (Å²) in [5, 5.41) is 0. The van der Waals surface area contributed by atoms with Crippen molar-refractivity contribution in [1.82, 2.24) is 0 Å². The summed E-state index contributed by atoms with van der Waals surface area (Å²) >= 11 is 0. The molecule has 5 nitrogen and oxygen atoms in total. The molecule has 2 fully saturated rings. The van der Waals surface area contributed by atoms with Crippen LogP contribution in [0.2, 0.25) is 0 Å². The van der Waals surface area contributed by atoms with Gasteiger partial charge in [-0.1, -0.05) is 27.4 Å². The first-order valence-corrected chi connectivity index (χ1v) is 7.27. The number of hydrogen-bond acceptors (Lipinski definition) is 5. The summed E-state index contributed by atoms with van der Waals surface area (Å²) in [4.78, 5) is 36.2. The van der Waals surface area contributed by atoms with E-state index in [9.17, 15) is 14.4 Å². The molecule has 1 saturated heterocycles. The van der Waals surface area contributed by atoms with Crippen LogP contribution in [0.15, 0.2) is 12.2 Å². The van der Waals surface area contributed by atoms with E-state index in [4.69, 9.17) is 9.47 Å². The molecule has 0 unspecified atom stereocenters. The van der Waals surface area contributed by atoms with Crippen LogP contribution in [0, 0.1) is 23.2 Å². The lowest BCUT2D eigenvalue weighted by Gasteiger charge is -2.45. The van der Waals surface area contributed by atoms with E-state index in [1.807, 2.05) is 13.8 Å². The maximum Gasteiger partial charge on any atom is 0.333 e. The van der Waals surface area contributed by atoms with E-state index < -0.39 is 29.3 Å². The lowest BCUT2D eigenvalue weighted by Crippen LogP contribution is -2.50. The van der Waals surface area contributed by atoms with E-state index >= 15 is 0 Å². The van der Waals surface area contributed by atoms with Crippen LogP contribution in [0.25, 0.3) is 0 Å². The van der Waals surface area contributed by atoms with Gasteiger partial charge in [0.1, 0.15) is 11.9 Å². The second kappa shape index (κ2) is 5.28. The molecule has 1 saturated carbocycles. The Kier molecular flexibility index (Phi) is 3.95. The molecule has 116 valence electrons. The summed E-state index contributed by atoms with van der Waals surface area (Å²) < 4.78 is 10.2. The van der Waals surface area contributed by atoms with Gasteiger partial charge < -0.3 is 9.47 Å². The van der Waals surface area contributed by atoms with Crippen LogP contribution in [0.4, 0.5) is 0 Å². The summed E-state index contributed by atoms with van der Waals surface area (Å²) in [7, 11) is 1.30. The smallest absolute Gasteiger partial charge is 0.333 e. The van der Waals surface area contributed by atoms with Crippen LogP contribution in [-0.4, -0.2) is 30.9 Å². The standard InChI is InChI=1S/C16H22O5/c1-6-16(4)7-10(17)11-8(2)15(19)21-13(11)12(16)9(3)14(18)20-5/h8,11-13H,3,6-7H2,1-2,4-5H3/t8-,11+,12+,13-,16+/m0/s1. The molecule has 5 atom stereocenters. The average molecular weight is 294 g/mol. The van der Waals surface area contributed by atoms with Gasteiger partial charge >= 0.3 is 11.9 Å². The average Bonchev–Trinajstić information content (AvgIpc) is 2.73. The molecule has 2 aliphatic rings. The SMILES string of the molecule is C=C(C(=O)OC)[C@@H]1[C@H]2OC(=O)[C@@H](C)[C@@H]2C(=O)C[C@@]1(C)CC. The summed E-state index contributed by atoms with van der Waals surface area (Å²) in [5.41, 5.74) is -0.167. The maximum absolute atomic E-state index is 12.4. The minimum absolute atomic E-state index is 0.0385. The first-order chi connectivity index (χ1) is 9.76. The zero-order valence-corrected chi connectivity index (χ0v) is 13.0. The van der Waals surface area contributed by atoms with E-state index in [0.29, 0.717) is 12.8 Å². The Morgan fingerprint density at radius 1 is 1.48 bits per heavy atom. The van der Waals surface area contributed by atoms with Crippen LogP contribution in [-0.2, 0) is 23.9 Å². The predicted octanol–water partition coefficient (Wildman–Crippen LogP) is 1.90. The van der Waals surface area contributed by atoms with Gasteiger partial charge in [0.05, 0.1) is 18.9 Å². The molecular formula is C16H22O5. The molecule has 0 amide bonds. The van der Waals surface area contributed by atoms with Crippen molar-refractivity contribution in [1.29, 1.82) is 0 Å². The molecule has 0 bridgehead atoms. The third kappa shape index (κ3) is 2.28. The monoisotopic (exact) mass is 294 g/mol. The summed E-state index contributed by atoms with van der Waals surface area (Å²) in [6.45, 7) is 9.46. The zero-order valence-electron chi connectivity index (χ0n) is 13.0. The molecule has 2 rings (SSSR count). The third-order valence-electron chi connectivity index (χ3n) is 5.18. The molecule has 0 N–H and O–H groups in total. The third-order valence-corrected chi connectivity index (χ3v) is 5.18. The molecule has 0 spiro atoms. The van der Waals surface area contributed by atoms with Gasteiger partial charge in [-0.05, 0) is 11.8 Å². The number of carbonyl (C=O) groups excluding carboxylic acids is 3. The van der Waals surface area contributed by atoms with Gasteiger partial charge in [0.15, 0.2) is 0 Å². The number of hydrogen-bond donors (Lipinski definition) is 0. The summed E-state index contributed by atoms with van der Waals surface area (Å²) in [6, 6.07) is 0. The van der Waals surface area contributed by atoms with Crippen molar-refractivity contribution in [2.45, 2.75) is 39.7 Å². The van der Waals surface area contributed by atoms with Crippen molar-refractivity contribution in [3.05, 3.63) is 12.2 Å². The highest BCUT2D eigenvalue weighted by Crippen LogP contribution is 2.52. The highest BCUT2D eigenvalue weighted by Gasteiger charge is 2.59. The van der Waals surface area contributed by atoms with Crippen molar-refractivity contribution >= 4 is 17.7 Å². The normalized spacial score (nSPS) is 38.7. The van der Waals surface area contributed by atoms with Crippen LogP contribution >= 0.6 is 0 Å². The Hall–Kier alpha value is -1.65. The first-order valence-electron chi connectivity index (χ1n) is 7.27. The number of ether oxygens (including phenoxy) is 2. The van der Waals surface area contributed by atoms with Crippen LogP contribution in [0.3, 0.4) is 0 Å². The molecule has 1 heterocycles. The Balaban J connectivity index is 2.46. The largest absolute Gasteiger partial charge is 0.466 e. The highest BCUT2D eigenvalue weighted by atomic mass is 16.6. The molecule has 0 aromatic heterocycles. The van der Waals surface area contributed by atoms with E-state index in [0.717, 1.165) is 0 Å². The summed E-state index contributed by atoms with van der Waals surface area (Å²) in [5.74, 6) is -2.17. The molecule has 1 aliphatic heterocycles. The van der Waals surface area contributed by atoms with Gasteiger partial charge in [0.25, 0.3) is 0 Å². The van der Waals surface area contributed by atoms with E-state index in [-0.39, 0.29) is 23.2 Å². The van der Waals surface area contributed by atoms with Crippen LogP contribution < -0.4 is 0 Å². The minimum Gasteiger partial charge on any atom is -0.466 e. The van der Waals surface area contributed by atoms with Gasteiger partial charge in [0, 0.05) is 17.9 Å². The fourth-order valence-corrected chi connectivity index (χ4v) is 3.73. The van der Waals surface area contributed by atoms with Gasteiger partial charge in [0.2, 0.25) is 0 Å². The number of fused-ring (bicyclic) bond motifs is 1. The lowest BCUT2D eigenvalue weighted by atomic mass is 9.58. The molecule has 0 aromatic carbocycles. The van der Waals surface area contributed by atoms with Crippen molar-refractivity contribution in [3.63, 3.8) is 0 Å². The summed E-state index contributed by atoms with van der Waals surface area (Å²) in [6.07, 6.45) is 0.409. The first kappa shape index (κ1) is 15.7. The molecule has 21 heavy (non-hydrogen) atoms. The molecular weight excluding hydrogens is 272 g/mol. The Bertz CT molecular complexity index is 509. The predicted molar refractivity (Wildman–Crippen MR) is 75.2 cm³/mol. The van der Waals surface area contributed by atoms with Gasteiger partial charge in [-0.15, -0.1) is 0 Å². The lowest BCUT2D eigenvalue weighted by molar-refractivity contribution is -0.152.